The Labute approximate surface area is 290 Å². The number of aromatic amines is 1. The number of nitrogens with one attached hydrogen (secondary N) is 3. The van der Waals surface area contributed by atoms with Gasteiger partial charge in [0.2, 0.25) is 11.8 Å². The van der Waals surface area contributed by atoms with Gasteiger partial charge in [-0.1, -0.05) is 43.0 Å². The number of carbonyl (C=O) groups excluding carboxylic acids is 4. The van der Waals surface area contributed by atoms with Crippen molar-refractivity contribution in [2.45, 2.75) is 29.3 Å². The Morgan fingerprint density at radius 2 is 1.92 bits per heavy atom. The molecule has 2 atom stereocenters. The number of nitrogens with zero attached hydrogens (tertiary/aromatic N) is 3. The van der Waals surface area contributed by atoms with Gasteiger partial charge in [-0.2, -0.15) is 0 Å². The van der Waals surface area contributed by atoms with E-state index in [2.05, 4.69) is 27.2 Å². The molecular weight excluding hydrogens is 669 g/mol. The number of aliphatic carboxylic acids is 1. The van der Waals surface area contributed by atoms with Crippen LogP contribution in [-0.4, -0.2) is 90.7 Å². The van der Waals surface area contributed by atoms with E-state index in [4.69, 9.17) is 4.74 Å². The standard InChI is InChI=1S/C31H30N4O7S2.C3H4N2/c1-2-14-42-31(41)32-22-10-8-19(9-11-22)16-34-13-12-20(27(34)37)15-21-17-44-29-25(28(38)35(29)26(21)30(39)40)33-24(36)18-43-23-6-4-3-5-7-23;1-2-5-3-4-1/h2-11,15,25,29H,1,12-14,16-18H2,(H,32,41)(H,33,36)(H,39,40);1-3H,(H,4,5)/b20-15+;/t25-,29-;/m1./s1. The van der Waals surface area contributed by atoms with Crippen molar-refractivity contribution in [1.82, 2.24) is 25.1 Å². The lowest BCUT2D eigenvalue weighted by Crippen LogP contribution is -2.70. The van der Waals surface area contributed by atoms with E-state index < -0.39 is 29.4 Å². The number of carbonyl (C=O) groups is 5. The zero-order valence-corrected chi connectivity index (χ0v) is 27.9. The van der Waals surface area contributed by atoms with E-state index in [1.54, 1.807) is 54.0 Å². The van der Waals surface area contributed by atoms with Crippen LogP contribution >= 0.6 is 23.5 Å². The molecular formula is C34H34N6O7S2. The van der Waals surface area contributed by atoms with Crippen LogP contribution in [-0.2, 0) is 30.5 Å². The number of imidazole rings is 1. The number of likely N-dealkylation sites (tertiary alicyclic amines) is 1. The minimum absolute atomic E-state index is 0.100. The molecule has 0 unspecified atom stereocenters. The Bertz CT molecular complexity index is 1730. The smallest absolute Gasteiger partial charge is 0.411 e. The maximum Gasteiger partial charge on any atom is 0.411 e. The fraction of sp³-hybridized carbons (Fsp3) is 0.235. The minimum Gasteiger partial charge on any atom is -0.477 e. The van der Waals surface area contributed by atoms with Gasteiger partial charge in [0.1, 0.15) is 23.7 Å². The Hall–Kier alpha value is -5.28. The number of H-pyrrole nitrogens is 1. The molecule has 0 bridgehead atoms. The fourth-order valence-electron chi connectivity index (χ4n) is 5.21. The number of carboxylic acid groups (broad SMARTS) is 1. The first-order valence-corrected chi connectivity index (χ1v) is 17.2. The van der Waals surface area contributed by atoms with Crippen LogP contribution in [0.1, 0.15) is 12.0 Å². The van der Waals surface area contributed by atoms with Gasteiger partial charge in [0.05, 0.1) is 12.1 Å². The van der Waals surface area contributed by atoms with Crippen molar-refractivity contribution in [3.05, 3.63) is 114 Å². The van der Waals surface area contributed by atoms with E-state index in [0.717, 1.165) is 10.5 Å². The fourth-order valence-corrected chi connectivity index (χ4v) is 7.25. The summed E-state index contributed by atoms with van der Waals surface area (Å²) in [6.07, 6.45) is 7.98. The number of benzene rings is 2. The van der Waals surface area contributed by atoms with E-state index >= 15 is 0 Å². The molecule has 2 fully saturated rings. The molecule has 2 aromatic carbocycles. The summed E-state index contributed by atoms with van der Waals surface area (Å²) in [7, 11) is 0. The van der Waals surface area contributed by atoms with Gasteiger partial charge in [-0.15, -0.1) is 23.5 Å². The zero-order valence-electron chi connectivity index (χ0n) is 26.2. The molecule has 13 nitrogen and oxygen atoms in total. The lowest BCUT2D eigenvalue weighted by atomic mass is 10.0. The molecule has 3 aromatic rings. The third kappa shape index (κ3) is 9.00. The zero-order chi connectivity index (χ0) is 34.8. The number of hydrogen-bond donors (Lipinski definition) is 4. The Morgan fingerprint density at radius 1 is 1.14 bits per heavy atom. The van der Waals surface area contributed by atoms with Crippen LogP contribution in [0.3, 0.4) is 0 Å². The second-order valence-electron chi connectivity index (χ2n) is 10.9. The first-order chi connectivity index (χ1) is 23.7. The Kier molecular flexibility index (Phi) is 11.9. The van der Waals surface area contributed by atoms with E-state index in [1.165, 1.54) is 34.5 Å². The van der Waals surface area contributed by atoms with Gasteiger partial charge in [0.25, 0.3) is 5.91 Å². The number of thioether (sulfide) groups is 2. The Balaban J connectivity index is 0.000000858. The first kappa shape index (κ1) is 35.0. The van der Waals surface area contributed by atoms with Crippen LogP contribution in [0, 0.1) is 0 Å². The molecule has 0 saturated carbocycles. The predicted molar refractivity (Wildman–Crippen MR) is 185 cm³/mol. The Morgan fingerprint density at radius 3 is 2.57 bits per heavy atom. The summed E-state index contributed by atoms with van der Waals surface area (Å²) in [5.41, 5.74) is 2.10. The number of fused-ring (bicyclic) bond motifs is 1. The SMILES string of the molecule is C=CCOC(=O)Nc1ccc(CN2CC/C(=C\C3=C(C(=O)O)N4C(=O)[C@@H](NC(=O)CSc5ccccc5)[C@H]4SC3)C2=O)cc1.c1c[nH]cn1. The minimum atomic E-state index is -1.26. The van der Waals surface area contributed by atoms with Gasteiger partial charge in [-0.05, 0) is 47.9 Å². The molecule has 2 saturated heterocycles. The molecule has 4 amide bonds. The van der Waals surface area contributed by atoms with Crippen LogP contribution in [0.15, 0.2) is 114 Å². The summed E-state index contributed by atoms with van der Waals surface area (Å²) in [6, 6.07) is 15.6. The van der Waals surface area contributed by atoms with Crippen molar-refractivity contribution < 1.29 is 33.8 Å². The summed E-state index contributed by atoms with van der Waals surface area (Å²) in [6.45, 7) is 4.39. The van der Waals surface area contributed by atoms with Gasteiger partial charge in [0, 0.05) is 47.4 Å². The largest absolute Gasteiger partial charge is 0.477 e. The number of rotatable bonds is 11. The lowest BCUT2D eigenvalue weighted by molar-refractivity contribution is -0.150. The van der Waals surface area contributed by atoms with Gasteiger partial charge < -0.3 is 25.0 Å². The van der Waals surface area contributed by atoms with E-state index in [9.17, 15) is 29.1 Å². The van der Waals surface area contributed by atoms with Crippen molar-refractivity contribution in [1.29, 1.82) is 0 Å². The molecule has 0 spiro atoms. The molecule has 6 rings (SSSR count). The molecule has 3 aliphatic rings. The van der Waals surface area contributed by atoms with Crippen LogP contribution in [0.5, 0.6) is 0 Å². The maximum absolute atomic E-state index is 13.2. The number of β-lactam (4-membered cyclic amide) rings is 1. The molecule has 0 radical (unpaired) electrons. The number of amides is 4. The number of carboxylic acids is 1. The van der Waals surface area contributed by atoms with Gasteiger partial charge >= 0.3 is 12.1 Å². The average molecular weight is 703 g/mol. The molecule has 0 aliphatic carbocycles. The van der Waals surface area contributed by atoms with Gasteiger partial charge in [0.15, 0.2) is 0 Å². The molecule has 15 heteroatoms. The second kappa shape index (κ2) is 16.7. The summed E-state index contributed by atoms with van der Waals surface area (Å²) >= 11 is 2.71. The highest BCUT2D eigenvalue weighted by Gasteiger charge is 2.54. The monoisotopic (exact) mass is 702 g/mol. The van der Waals surface area contributed by atoms with E-state index in [0.29, 0.717) is 36.3 Å². The van der Waals surface area contributed by atoms with E-state index in [-0.39, 0.29) is 35.6 Å². The number of allylic oxidation sites excluding steroid dienone is 1. The summed E-state index contributed by atoms with van der Waals surface area (Å²) < 4.78 is 4.90. The number of ether oxygens (including phenoxy) is 1. The van der Waals surface area contributed by atoms with Crippen molar-refractivity contribution in [2.75, 3.05) is 30.0 Å². The molecule has 4 heterocycles. The van der Waals surface area contributed by atoms with E-state index in [1.807, 2.05) is 30.3 Å². The third-order valence-electron chi connectivity index (χ3n) is 7.50. The summed E-state index contributed by atoms with van der Waals surface area (Å²) in [5.74, 6) is -1.85. The first-order valence-electron chi connectivity index (χ1n) is 15.2. The normalized spacial score (nSPS) is 19.0. The summed E-state index contributed by atoms with van der Waals surface area (Å²) in [5, 5.41) is 14.8. The third-order valence-corrected chi connectivity index (χ3v) is 9.82. The maximum atomic E-state index is 13.2. The highest BCUT2D eigenvalue weighted by atomic mass is 32.2. The van der Waals surface area contributed by atoms with Gasteiger partial charge in [-0.25, -0.2) is 14.6 Å². The topological polar surface area (TPSA) is 174 Å². The lowest BCUT2D eigenvalue weighted by Gasteiger charge is -2.49. The summed E-state index contributed by atoms with van der Waals surface area (Å²) in [4.78, 5) is 73.0. The quantitative estimate of drug-likeness (QED) is 0.0989. The predicted octanol–water partition coefficient (Wildman–Crippen LogP) is 4.02. The number of hydrogen-bond acceptors (Lipinski definition) is 9. The van der Waals surface area contributed by atoms with Crippen molar-refractivity contribution in [2.24, 2.45) is 0 Å². The van der Waals surface area contributed by atoms with Crippen molar-refractivity contribution in [3.63, 3.8) is 0 Å². The highest BCUT2D eigenvalue weighted by Crippen LogP contribution is 2.41. The molecule has 49 heavy (non-hydrogen) atoms. The van der Waals surface area contributed by atoms with Crippen LogP contribution < -0.4 is 10.6 Å². The van der Waals surface area contributed by atoms with Crippen LogP contribution in [0.25, 0.3) is 0 Å². The van der Waals surface area contributed by atoms with Gasteiger partial charge in [-0.3, -0.25) is 24.6 Å². The number of aromatic nitrogens is 2. The second-order valence-corrected chi connectivity index (χ2v) is 13.0. The van der Waals surface area contributed by atoms with Crippen LogP contribution in [0.4, 0.5) is 10.5 Å². The average Bonchev–Trinajstić information content (AvgIpc) is 3.81. The van der Waals surface area contributed by atoms with Crippen LogP contribution in [0.2, 0.25) is 0 Å². The molecule has 1 aromatic heterocycles. The highest BCUT2D eigenvalue weighted by molar-refractivity contribution is 8.00. The molecule has 4 N–H and O–H groups in total. The van der Waals surface area contributed by atoms with Crippen molar-refractivity contribution >= 4 is 59.0 Å². The molecule has 254 valence electrons. The van der Waals surface area contributed by atoms with Crippen molar-refractivity contribution in [3.8, 4) is 0 Å². The molecule has 3 aliphatic heterocycles. The number of anilines is 1.